The molecule has 140 valence electrons. The van der Waals surface area contributed by atoms with Gasteiger partial charge in [0.05, 0.1) is 0 Å². The van der Waals surface area contributed by atoms with Crippen LogP contribution in [0.4, 0.5) is 11.6 Å². The third kappa shape index (κ3) is 5.28. The second-order valence-electron chi connectivity index (χ2n) is 7.48. The zero-order chi connectivity index (χ0) is 19.3. The van der Waals surface area contributed by atoms with E-state index in [4.69, 9.17) is 0 Å². The zero-order valence-corrected chi connectivity index (χ0v) is 16.7. The molecule has 0 atom stereocenters. The number of aryl methyl sites for hydroxylation is 2. The largest absolute Gasteiger partial charge is 0.354 e. The summed E-state index contributed by atoms with van der Waals surface area (Å²) in [6.45, 7) is 13.3. The summed E-state index contributed by atoms with van der Waals surface area (Å²) in [6, 6.07) is 7.80. The maximum atomic E-state index is 12.8. The first-order valence-corrected chi connectivity index (χ1v) is 9.28. The number of rotatable bonds is 7. The maximum Gasteiger partial charge on any atom is 0.274 e. The molecule has 0 saturated carbocycles. The zero-order valence-electron chi connectivity index (χ0n) is 16.7. The molecule has 2 aromatic rings. The molecule has 5 heteroatoms. The van der Waals surface area contributed by atoms with Crippen LogP contribution in [0.25, 0.3) is 0 Å². The van der Waals surface area contributed by atoms with Gasteiger partial charge in [0.1, 0.15) is 5.69 Å². The lowest BCUT2D eigenvalue weighted by atomic mass is 9.98. The van der Waals surface area contributed by atoms with Gasteiger partial charge in [-0.15, -0.1) is 0 Å². The van der Waals surface area contributed by atoms with Crippen LogP contribution >= 0.6 is 0 Å². The number of aromatic nitrogens is 2. The lowest BCUT2D eigenvalue weighted by molar-refractivity contribution is 0.102. The molecule has 5 nitrogen and oxygen atoms in total. The van der Waals surface area contributed by atoms with E-state index in [0.29, 0.717) is 23.5 Å². The van der Waals surface area contributed by atoms with Gasteiger partial charge in [0.2, 0.25) is 5.95 Å². The minimum Gasteiger partial charge on any atom is -0.354 e. The number of hydrogen-bond acceptors (Lipinski definition) is 4. The van der Waals surface area contributed by atoms with Crippen molar-refractivity contribution in [3.63, 3.8) is 0 Å². The van der Waals surface area contributed by atoms with Crippen LogP contribution in [0.5, 0.6) is 0 Å². The topological polar surface area (TPSA) is 66.9 Å². The lowest BCUT2D eigenvalue weighted by Crippen LogP contribution is -2.18. The van der Waals surface area contributed by atoms with Crippen molar-refractivity contribution < 1.29 is 4.79 Å². The van der Waals surface area contributed by atoms with Crippen molar-refractivity contribution in [2.45, 2.75) is 53.9 Å². The summed E-state index contributed by atoms with van der Waals surface area (Å²) in [6.07, 6.45) is 1.03. The second kappa shape index (κ2) is 8.79. The van der Waals surface area contributed by atoms with Gasteiger partial charge in [0, 0.05) is 17.9 Å². The van der Waals surface area contributed by atoms with Crippen molar-refractivity contribution in [2.75, 3.05) is 17.2 Å². The highest BCUT2D eigenvalue weighted by molar-refractivity contribution is 6.04. The number of benzene rings is 1. The van der Waals surface area contributed by atoms with Gasteiger partial charge in [-0.25, -0.2) is 9.97 Å². The fourth-order valence-electron chi connectivity index (χ4n) is 2.76. The molecule has 0 saturated heterocycles. The Labute approximate surface area is 156 Å². The van der Waals surface area contributed by atoms with E-state index in [1.165, 1.54) is 0 Å². The van der Waals surface area contributed by atoms with Gasteiger partial charge in [0.25, 0.3) is 5.91 Å². The van der Waals surface area contributed by atoms with Crippen LogP contribution < -0.4 is 10.6 Å². The Kier molecular flexibility index (Phi) is 6.72. The average Bonchev–Trinajstić information content (AvgIpc) is 2.55. The Morgan fingerprint density at radius 3 is 2.50 bits per heavy atom. The molecule has 0 unspecified atom stereocenters. The molecule has 0 aliphatic heterocycles. The van der Waals surface area contributed by atoms with E-state index in [0.717, 1.165) is 35.5 Å². The lowest BCUT2D eigenvalue weighted by Gasteiger charge is -2.16. The van der Waals surface area contributed by atoms with Crippen LogP contribution in [0.3, 0.4) is 0 Å². The third-order valence-corrected chi connectivity index (χ3v) is 4.26. The van der Waals surface area contributed by atoms with Crippen molar-refractivity contribution in [3.05, 3.63) is 46.8 Å². The molecule has 1 amide bonds. The molecule has 2 rings (SSSR count). The number of nitrogens with one attached hydrogen (secondary N) is 2. The van der Waals surface area contributed by atoms with Gasteiger partial charge in [-0.2, -0.15) is 0 Å². The molecule has 0 aliphatic carbocycles. The molecule has 1 heterocycles. The highest BCUT2D eigenvalue weighted by Gasteiger charge is 2.15. The third-order valence-electron chi connectivity index (χ3n) is 4.26. The minimum atomic E-state index is -0.210. The Bertz CT molecular complexity index is 769. The van der Waals surface area contributed by atoms with E-state index < -0.39 is 0 Å². The highest BCUT2D eigenvalue weighted by Crippen LogP contribution is 2.27. The first kappa shape index (κ1) is 19.9. The SMILES string of the molecule is Cc1cc(C(=O)Nc2c(C)cccc2C(C)C)nc(NCCC(C)C)n1. The summed E-state index contributed by atoms with van der Waals surface area (Å²) in [5.41, 5.74) is 4.19. The van der Waals surface area contributed by atoms with Gasteiger partial charge in [-0.3, -0.25) is 4.79 Å². The normalized spacial score (nSPS) is 11.1. The minimum absolute atomic E-state index is 0.210. The van der Waals surface area contributed by atoms with Crippen LogP contribution in [0, 0.1) is 19.8 Å². The predicted octanol–water partition coefficient (Wildman–Crippen LogP) is 4.93. The van der Waals surface area contributed by atoms with E-state index >= 15 is 0 Å². The van der Waals surface area contributed by atoms with Crippen LogP contribution in [-0.4, -0.2) is 22.4 Å². The van der Waals surface area contributed by atoms with E-state index in [1.807, 2.05) is 26.0 Å². The quantitative estimate of drug-likeness (QED) is 0.740. The number of anilines is 2. The highest BCUT2D eigenvalue weighted by atomic mass is 16.1. The van der Waals surface area contributed by atoms with Crippen molar-refractivity contribution in [3.8, 4) is 0 Å². The summed E-state index contributed by atoms with van der Waals surface area (Å²) in [5.74, 6) is 1.22. The molecule has 0 radical (unpaired) electrons. The molecule has 26 heavy (non-hydrogen) atoms. The van der Waals surface area contributed by atoms with Gasteiger partial charge < -0.3 is 10.6 Å². The van der Waals surface area contributed by atoms with Crippen LogP contribution in [0.1, 0.15) is 67.3 Å². The van der Waals surface area contributed by atoms with Gasteiger partial charge in [-0.05, 0) is 49.3 Å². The van der Waals surface area contributed by atoms with Gasteiger partial charge >= 0.3 is 0 Å². The molecule has 0 spiro atoms. The smallest absolute Gasteiger partial charge is 0.274 e. The van der Waals surface area contributed by atoms with Crippen molar-refractivity contribution >= 4 is 17.5 Å². The molecule has 1 aromatic carbocycles. The van der Waals surface area contributed by atoms with Crippen molar-refractivity contribution in [1.29, 1.82) is 0 Å². The first-order valence-electron chi connectivity index (χ1n) is 9.28. The number of amides is 1. The van der Waals surface area contributed by atoms with Crippen LogP contribution in [0.15, 0.2) is 24.3 Å². The number of hydrogen-bond donors (Lipinski definition) is 2. The fourth-order valence-corrected chi connectivity index (χ4v) is 2.76. The summed E-state index contributed by atoms with van der Waals surface area (Å²) >= 11 is 0. The molecule has 1 aromatic heterocycles. The van der Waals surface area contributed by atoms with Crippen molar-refractivity contribution in [2.24, 2.45) is 5.92 Å². The standard InChI is InChI=1S/C21H30N4O/c1-13(2)10-11-22-21-23-16(6)12-18(24-21)20(26)25-19-15(5)8-7-9-17(19)14(3)4/h7-9,12-14H,10-11H2,1-6H3,(H,25,26)(H,22,23,24). The Balaban J connectivity index is 2.21. The average molecular weight is 354 g/mol. The summed E-state index contributed by atoms with van der Waals surface area (Å²) in [7, 11) is 0. The number of carbonyl (C=O) groups excluding carboxylic acids is 1. The number of nitrogens with zero attached hydrogens (tertiary/aromatic N) is 2. The summed E-state index contributed by atoms with van der Waals surface area (Å²) < 4.78 is 0. The van der Waals surface area contributed by atoms with Crippen LogP contribution in [0.2, 0.25) is 0 Å². The molecular weight excluding hydrogens is 324 g/mol. The Morgan fingerprint density at radius 1 is 1.12 bits per heavy atom. The predicted molar refractivity (Wildman–Crippen MR) is 108 cm³/mol. The summed E-state index contributed by atoms with van der Waals surface area (Å²) in [4.78, 5) is 21.6. The molecule has 0 aliphatic rings. The van der Waals surface area contributed by atoms with Gasteiger partial charge in [0.15, 0.2) is 0 Å². The Morgan fingerprint density at radius 2 is 1.85 bits per heavy atom. The monoisotopic (exact) mass is 354 g/mol. The molecule has 2 N–H and O–H groups in total. The fraction of sp³-hybridized carbons (Fsp3) is 0.476. The molecule has 0 fully saturated rings. The van der Waals surface area contributed by atoms with Crippen LogP contribution in [-0.2, 0) is 0 Å². The number of para-hydroxylation sites is 1. The summed E-state index contributed by atoms with van der Waals surface area (Å²) in [5, 5.41) is 6.26. The van der Waals surface area contributed by atoms with E-state index in [9.17, 15) is 4.79 Å². The number of carbonyl (C=O) groups is 1. The van der Waals surface area contributed by atoms with E-state index in [1.54, 1.807) is 6.07 Å². The molecule has 0 bridgehead atoms. The second-order valence-corrected chi connectivity index (χ2v) is 7.48. The molecular formula is C21H30N4O. The maximum absolute atomic E-state index is 12.8. The van der Waals surface area contributed by atoms with E-state index in [2.05, 4.69) is 54.4 Å². The Hall–Kier alpha value is -2.43. The van der Waals surface area contributed by atoms with Gasteiger partial charge in [-0.1, -0.05) is 45.9 Å². The van der Waals surface area contributed by atoms with E-state index in [-0.39, 0.29) is 5.91 Å². The first-order chi connectivity index (χ1) is 12.3. The van der Waals surface area contributed by atoms with Crippen molar-refractivity contribution in [1.82, 2.24) is 9.97 Å².